The Kier molecular flexibility index (Phi) is 4.93. The molecule has 0 unspecified atom stereocenters. The molecule has 110 valence electrons. The Morgan fingerprint density at radius 2 is 2.05 bits per heavy atom. The highest BCUT2D eigenvalue weighted by atomic mass is 79.9. The molecule has 21 heavy (non-hydrogen) atoms. The van der Waals surface area contributed by atoms with Gasteiger partial charge in [0.25, 0.3) is 0 Å². The van der Waals surface area contributed by atoms with Gasteiger partial charge in [-0.1, -0.05) is 22.0 Å². The van der Waals surface area contributed by atoms with Gasteiger partial charge in [-0.05, 0) is 49.4 Å². The average Bonchev–Trinajstić information content (AvgIpc) is 2.44. The predicted octanol–water partition coefficient (Wildman–Crippen LogP) is 4.18. The molecule has 0 aromatic heterocycles. The van der Waals surface area contributed by atoms with Crippen molar-refractivity contribution in [3.63, 3.8) is 0 Å². The quantitative estimate of drug-likeness (QED) is 0.648. The molecule has 0 saturated heterocycles. The number of nitro benzene ring substituents is 1. The molecule has 0 bridgehead atoms. The topological polar surface area (TPSA) is 64.4 Å². The predicted molar refractivity (Wildman–Crippen MR) is 84.8 cm³/mol. The molecule has 0 aliphatic heterocycles. The van der Waals surface area contributed by atoms with Crippen LogP contribution in [-0.4, -0.2) is 12.0 Å². The number of hydrogen-bond acceptors (Lipinski definition) is 4. The van der Waals surface area contributed by atoms with Gasteiger partial charge in [0.2, 0.25) is 5.75 Å². The minimum Gasteiger partial charge on any atom is -0.450 e. The van der Waals surface area contributed by atoms with Gasteiger partial charge < -0.3 is 10.1 Å². The van der Waals surface area contributed by atoms with Crippen LogP contribution in [0, 0.1) is 17.0 Å². The first-order valence-electron chi connectivity index (χ1n) is 6.37. The van der Waals surface area contributed by atoms with Crippen LogP contribution in [0.2, 0.25) is 0 Å². The molecule has 1 N–H and O–H groups in total. The lowest BCUT2D eigenvalue weighted by Crippen LogP contribution is -2.06. The SMILES string of the molecule is CNCc1ccc(Oc2ccc(Br)cc2[N+](=O)[O-])cc1C. The van der Waals surface area contributed by atoms with Crippen molar-refractivity contribution in [2.24, 2.45) is 0 Å². The Labute approximate surface area is 131 Å². The molecule has 0 saturated carbocycles. The zero-order valence-electron chi connectivity index (χ0n) is 11.7. The lowest BCUT2D eigenvalue weighted by Gasteiger charge is -2.10. The molecule has 0 radical (unpaired) electrons. The number of benzene rings is 2. The van der Waals surface area contributed by atoms with Gasteiger partial charge in [0.15, 0.2) is 0 Å². The summed E-state index contributed by atoms with van der Waals surface area (Å²) in [5, 5.41) is 14.2. The van der Waals surface area contributed by atoms with Crippen molar-refractivity contribution in [3.8, 4) is 11.5 Å². The number of nitrogens with zero attached hydrogens (tertiary/aromatic N) is 1. The molecule has 2 aromatic carbocycles. The first-order chi connectivity index (χ1) is 10.0. The number of halogens is 1. The number of ether oxygens (including phenoxy) is 1. The van der Waals surface area contributed by atoms with Gasteiger partial charge >= 0.3 is 5.69 Å². The number of aryl methyl sites for hydroxylation is 1. The molecular formula is C15H15BrN2O3. The standard InChI is InChI=1S/C15H15BrN2O3/c1-10-7-13(5-3-11(10)9-17-2)21-15-6-4-12(16)8-14(15)18(19)20/h3-8,17H,9H2,1-2H3. The Balaban J connectivity index is 2.30. The van der Waals surface area contributed by atoms with Gasteiger partial charge in [-0.15, -0.1) is 0 Å². The van der Waals surface area contributed by atoms with Gasteiger partial charge in [0, 0.05) is 17.1 Å². The van der Waals surface area contributed by atoms with E-state index in [0.29, 0.717) is 10.2 Å². The molecule has 2 rings (SSSR count). The van der Waals surface area contributed by atoms with E-state index in [9.17, 15) is 10.1 Å². The zero-order valence-corrected chi connectivity index (χ0v) is 13.3. The molecule has 0 amide bonds. The maximum atomic E-state index is 11.1. The van der Waals surface area contributed by atoms with Gasteiger partial charge in [-0.25, -0.2) is 0 Å². The second-order valence-corrected chi connectivity index (χ2v) is 5.51. The Bertz CT molecular complexity index is 674. The van der Waals surface area contributed by atoms with E-state index in [0.717, 1.165) is 17.7 Å². The van der Waals surface area contributed by atoms with E-state index in [-0.39, 0.29) is 11.4 Å². The number of hydrogen-bond donors (Lipinski definition) is 1. The minimum absolute atomic E-state index is 0.0682. The van der Waals surface area contributed by atoms with Crippen LogP contribution in [0.25, 0.3) is 0 Å². The fourth-order valence-electron chi connectivity index (χ4n) is 1.97. The van der Waals surface area contributed by atoms with E-state index < -0.39 is 4.92 Å². The normalized spacial score (nSPS) is 10.4. The van der Waals surface area contributed by atoms with Crippen molar-refractivity contribution in [3.05, 3.63) is 62.1 Å². The second-order valence-electron chi connectivity index (χ2n) is 4.59. The highest BCUT2D eigenvalue weighted by Crippen LogP contribution is 2.34. The Morgan fingerprint density at radius 1 is 1.29 bits per heavy atom. The average molecular weight is 351 g/mol. The molecule has 6 heteroatoms. The summed E-state index contributed by atoms with van der Waals surface area (Å²) in [6.07, 6.45) is 0. The molecule has 0 aliphatic rings. The third-order valence-corrected chi connectivity index (χ3v) is 3.52. The molecule has 0 aliphatic carbocycles. The molecular weight excluding hydrogens is 336 g/mol. The van der Waals surface area contributed by atoms with Crippen LogP contribution >= 0.6 is 15.9 Å². The van der Waals surface area contributed by atoms with Crippen LogP contribution in [0.5, 0.6) is 11.5 Å². The largest absolute Gasteiger partial charge is 0.450 e. The zero-order chi connectivity index (χ0) is 15.4. The summed E-state index contributed by atoms with van der Waals surface area (Å²) >= 11 is 3.22. The molecule has 5 nitrogen and oxygen atoms in total. The first-order valence-corrected chi connectivity index (χ1v) is 7.16. The molecule has 0 heterocycles. The van der Waals surface area contributed by atoms with Crippen molar-refractivity contribution in [1.82, 2.24) is 5.32 Å². The number of rotatable bonds is 5. The molecule has 0 fully saturated rings. The third-order valence-electron chi connectivity index (χ3n) is 3.03. The highest BCUT2D eigenvalue weighted by Gasteiger charge is 2.16. The fourth-order valence-corrected chi connectivity index (χ4v) is 2.32. The van der Waals surface area contributed by atoms with Crippen LogP contribution in [0.4, 0.5) is 5.69 Å². The van der Waals surface area contributed by atoms with Gasteiger partial charge in [-0.3, -0.25) is 10.1 Å². The van der Waals surface area contributed by atoms with Gasteiger partial charge in [0.05, 0.1) is 4.92 Å². The summed E-state index contributed by atoms with van der Waals surface area (Å²) in [5.41, 5.74) is 2.16. The van der Waals surface area contributed by atoms with Crippen LogP contribution in [0.1, 0.15) is 11.1 Å². The summed E-state index contributed by atoms with van der Waals surface area (Å²) in [5.74, 6) is 0.807. The summed E-state index contributed by atoms with van der Waals surface area (Å²) < 4.78 is 6.30. The van der Waals surface area contributed by atoms with E-state index in [4.69, 9.17) is 4.74 Å². The summed E-state index contributed by atoms with van der Waals surface area (Å²) in [4.78, 5) is 10.6. The highest BCUT2D eigenvalue weighted by molar-refractivity contribution is 9.10. The number of nitro groups is 1. The minimum atomic E-state index is -0.456. The van der Waals surface area contributed by atoms with Crippen LogP contribution < -0.4 is 10.1 Å². The van der Waals surface area contributed by atoms with Crippen LogP contribution in [0.15, 0.2) is 40.9 Å². The second kappa shape index (κ2) is 6.69. The maximum Gasteiger partial charge on any atom is 0.312 e. The third kappa shape index (κ3) is 3.80. The van der Waals surface area contributed by atoms with E-state index in [1.54, 1.807) is 12.1 Å². The lowest BCUT2D eigenvalue weighted by atomic mass is 10.1. The van der Waals surface area contributed by atoms with E-state index in [1.165, 1.54) is 6.07 Å². The van der Waals surface area contributed by atoms with E-state index in [1.807, 2.05) is 32.2 Å². The summed E-state index contributed by atoms with van der Waals surface area (Å²) in [7, 11) is 1.88. The van der Waals surface area contributed by atoms with Crippen molar-refractivity contribution in [1.29, 1.82) is 0 Å². The van der Waals surface area contributed by atoms with Crippen molar-refractivity contribution < 1.29 is 9.66 Å². The van der Waals surface area contributed by atoms with Crippen LogP contribution in [-0.2, 0) is 6.54 Å². The summed E-state index contributed by atoms with van der Waals surface area (Å²) in [6.45, 7) is 2.75. The molecule has 2 aromatic rings. The summed E-state index contributed by atoms with van der Waals surface area (Å²) in [6, 6.07) is 10.4. The first kappa shape index (κ1) is 15.5. The molecule has 0 spiro atoms. The molecule has 0 atom stereocenters. The van der Waals surface area contributed by atoms with Crippen molar-refractivity contribution in [2.75, 3.05) is 7.05 Å². The maximum absolute atomic E-state index is 11.1. The number of nitrogens with one attached hydrogen (secondary N) is 1. The monoisotopic (exact) mass is 350 g/mol. The van der Waals surface area contributed by atoms with E-state index >= 15 is 0 Å². The fraction of sp³-hybridized carbons (Fsp3) is 0.200. The smallest absolute Gasteiger partial charge is 0.312 e. The van der Waals surface area contributed by atoms with Gasteiger partial charge in [-0.2, -0.15) is 0 Å². The van der Waals surface area contributed by atoms with Crippen LogP contribution in [0.3, 0.4) is 0 Å². The lowest BCUT2D eigenvalue weighted by molar-refractivity contribution is -0.385. The Morgan fingerprint density at radius 3 is 2.67 bits per heavy atom. The van der Waals surface area contributed by atoms with Crippen molar-refractivity contribution in [2.45, 2.75) is 13.5 Å². The Hall–Kier alpha value is -1.92. The van der Waals surface area contributed by atoms with Crippen molar-refractivity contribution >= 4 is 21.6 Å². The van der Waals surface area contributed by atoms with E-state index in [2.05, 4.69) is 21.2 Å². The van der Waals surface area contributed by atoms with Gasteiger partial charge in [0.1, 0.15) is 5.75 Å².